The van der Waals surface area contributed by atoms with E-state index in [1.165, 1.54) is 11.7 Å². The fourth-order valence-corrected chi connectivity index (χ4v) is 4.59. The van der Waals surface area contributed by atoms with Crippen molar-refractivity contribution in [2.24, 2.45) is 0 Å². The third kappa shape index (κ3) is 4.21. The molecule has 3 aromatic rings. The minimum atomic E-state index is -0.410. The van der Waals surface area contributed by atoms with Crippen molar-refractivity contribution in [3.8, 4) is 17.5 Å². The zero-order valence-electron chi connectivity index (χ0n) is 17.5. The number of methoxy groups -OCH3 is 1. The van der Waals surface area contributed by atoms with Crippen LogP contribution >= 0.6 is 11.3 Å². The van der Waals surface area contributed by atoms with E-state index in [9.17, 15) is 14.9 Å². The molecule has 0 spiro atoms. The van der Waals surface area contributed by atoms with Gasteiger partial charge < -0.3 is 14.4 Å². The van der Waals surface area contributed by atoms with E-state index in [2.05, 4.69) is 0 Å². The Morgan fingerprint density at radius 1 is 1.12 bits per heavy atom. The average Bonchev–Trinajstić information content (AvgIpc) is 3.15. The van der Waals surface area contributed by atoms with Crippen LogP contribution in [0.2, 0.25) is 0 Å². The minimum Gasteiger partial charge on any atom is -0.495 e. The third-order valence-corrected chi connectivity index (χ3v) is 6.18. The van der Waals surface area contributed by atoms with Crippen LogP contribution in [-0.2, 0) is 9.53 Å². The maximum Gasteiger partial charge on any atom is 0.273 e. The van der Waals surface area contributed by atoms with Crippen LogP contribution in [0.5, 0.6) is 5.75 Å². The van der Waals surface area contributed by atoms with Crippen molar-refractivity contribution < 1.29 is 14.3 Å². The Kier molecular flexibility index (Phi) is 6.50. The van der Waals surface area contributed by atoms with Crippen molar-refractivity contribution in [3.05, 3.63) is 79.7 Å². The molecule has 1 aliphatic heterocycles. The van der Waals surface area contributed by atoms with Gasteiger partial charge in [0.1, 0.15) is 16.5 Å². The van der Waals surface area contributed by atoms with Crippen molar-refractivity contribution in [1.82, 2.24) is 9.47 Å². The first-order valence-electron chi connectivity index (χ1n) is 10.1. The topological polar surface area (TPSA) is 84.6 Å². The average molecular weight is 448 g/mol. The van der Waals surface area contributed by atoms with E-state index in [-0.39, 0.29) is 15.8 Å². The maximum atomic E-state index is 13.5. The summed E-state index contributed by atoms with van der Waals surface area (Å²) in [6, 6.07) is 18.5. The van der Waals surface area contributed by atoms with Crippen molar-refractivity contribution in [3.63, 3.8) is 0 Å². The first kappa shape index (κ1) is 21.6. The number of hydrogen-bond acceptors (Lipinski definition) is 6. The molecule has 7 nitrogen and oxygen atoms in total. The number of hydrogen-bond donors (Lipinski definition) is 0. The molecule has 1 amide bonds. The molecular formula is C24H21N3O4S. The highest BCUT2D eigenvalue weighted by Gasteiger charge is 2.24. The van der Waals surface area contributed by atoms with Crippen molar-refractivity contribution >= 4 is 28.9 Å². The van der Waals surface area contributed by atoms with Gasteiger partial charge in [0.25, 0.3) is 11.5 Å². The predicted octanol–water partition coefficient (Wildman–Crippen LogP) is 1.27. The summed E-state index contributed by atoms with van der Waals surface area (Å²) in [5.41, 5.74) is 0.928. The van der Waals surface area contributed by atoms with E-state index in [0.717, 1.165) is 16.9 Å². The Morgan fingerprint density at radius 2 is 1.81 bits per heavy atom. The van der Waals surface area contributed by atoms with Crippen LogP contribution in [0.25, 0.3) is 17.3 Å². The standard InChI is InChI=1S/C24H21N3O4S/c1-30-20-10-6-5-9-19(20)27-23(29)21(15-17-7-3-2-4-8-17)32-24(27)18(16-25)22(28)26-11-13-31-14-12-26/h2-10,15H,11-14H2,1H3/b21-15+,24-18-. The highest BCUT2D eigenvalue weighted by Crippen LogP contribution is 2.20. The number of nitriles is 1. The van der Waals surface area contributed by atoms with Gasteiger partial charge in [-0.2, -0.15) is 5.26 Å². The summed E-state index contributed by atoms with van der Waals surface area (Å²) in [6.45, 7) is 1.64. The van der Waals surface area contributed by atoms with Crippen LogP contribution in [0.1, 0.15) is 5.56 Å². The third-order valence-electron chi connectivity index (χ3n) is 5.08. The monoisotopic (exact) mass is 447 g/mol. The quantitative estimate of drug-likeness (QED) is 0.602. The molecule has 4 rings (SSSR count). The van der Waals surface area contributed by atoms with E-state index in [1.807, 2.05) is 36.4 Å². The van der Waals surface area contributed by atoms with Gasteiger partial charge in [0.05, 0.1) is 30.5 Å². The minimum absolute atomic E-state index is 0.0763. The molecule has 1 aromatic heterocycles. The Bertz CT molecular complexity index is 1350. The van der Waals surface area contributed by atoms with E-state index in [0.29, 0.717) is 42.3 Å². The molecular weight excluding hydrogens is 426 g/mol. The summed E-state index contributed by atoms with van der Waals surface area (Å²) >= 11 is 1.12. The molecule has 2 heterocycles. The highest BCUT2D eigenvalue weighted by molar-refractivity contribution is 7.07. The van der Waals surface area contributed by atoms with Crippen LogP contribution in [-0.4, -0.2) is 48.8 Å². The summed E-state index contributed by atoms with van der Waals surface area (Å²) in [7, 11) is 1.51. The second-order valence-corrected chi connectivity index (χ2v) is 8.06. The number of thiazole rings is 1. The molecule has 1 fully saturated rings. The predicted molar refractivity (Wildman–Crippen MR) is 122 cm³/mol. The zero-order valence-corrected chi connectivity index (χ0v) is 18.3. The van der Waals surface area contributed by atoms with Gasteiger partial charge in [-0.05, 0) is 23.8 Å². The molecule has 0 N–H and O–H groups in total. The number of nitrogens with zero attached hydrogens (tertiary/aromatic N) is 3. The Hall–Kier alpha value is -3.67. The first-order chi connectivity index (χ1) is 15.6. The van der Waals surface area contributed by atoms with Crippen molar-refractivity contribution in [1.29, 1.82) is 5.26 Å². The van der Waals surface area contributed by atoms with Gasteiger partial charge >= 0.3 is 0 Å². The molecule has 0 radical (unpaired) electrons. The molecule has 0 unspecified atom stereocenters. The lowest BCUT2D eigenvalue weighted by Crippen LogP contribution is -2.42. The highest BCUT2D eigenvalue weighted by atomic mass is 32.1. The van der Waals surface area contributed by atoms with Crippen molar-refractivity contribution in [2.45, 2.75) is 0 Å². The molecule has 32 heavy (non-hydrogen) atoms. The summed E-state index contributed by atoms with van der Waals surface area (Å²) in [5.74, 6) is 0.0583. The number of morpholine rings is 1. The van der Waals surface area contributed by atoms with Crippen LogP contribution in [0.3, 0.4) is 0 Å². The van der Waals surface area contributed by atoms with Crippen LogP contribution in [0.4, 0.5) is 0 Å². The van der Waals surface area contributed by atoms with Gasteiger partial charge in [-0.25, -0.2) is 0 Å². The van der Waals surface area contributed by atoms with Crippen LogP contribution in [0, 0.1) is 11.3 Å². The van der Waals surface area contributed by atoms with Gasteiger partial charge in [0, 0.05) is 13.1 Å². The summed E-state index contributed by atoms with van der Waals surface area (Å²) in [4.78, 5) is 28.3. The Morgan fingerprint density at radius 3 is 2.50 bits per heavy atom. The molecule has 0 bridgehead atoms. The second-order valence-electron chi connectivity index (χ2n) is 7.03. The normalized spacial score (nSPS) is 15.2. The number of amides is 1. The van der Waals surface area contributed by atoms with E-state index in [1.54, 1.807) is 35.2 Å². The lowest BCUT2D eigenvalue weighted by Gasteiger charge is -2.26. The van der Waals surface area contributed by atoms with Gasteiger partial charge in [-0.3, -0.25) is 14.2 Å². The maximum absolute atomic E-state index is 13.5. The largest absolute Gasteiger partial charge is 0.495 e. The number of para-hydroxylation sites is 2. The Balaban J connectivity index is 2.03. The van der Waals surface area contributed by atoms with E-state index in [4.69, 9.17) is 9.47 Å². The van der Waals surface area contributed by atoms with Crippen molar-refractivity contribution in [2.75, 3.05) is 33.4 Å². The number of carbonyl (C=O) groups is 1. The number of benzene rings is 2. The zero-order chi connectivity index (χ0) is 22.5. The second kappa shape index (κ2) is 9.64. The molecule has 0 aliphatic carbocycles. The molecule has 162 valence electrons. The summed E-state index contributed by atoms with van der Waals surface area (Å²) in [6.07, 6.45) is 1.76. The smallest absolute Gasteiger partial charge is 0.273 e. The SMILES string of the molecule is COc1ccccc1-n1c(=O)/c(=C\c2ccccc2)s/c1=C(/C#N)C(=O)N1CCOCC1. The molecule has 2 aromatic carbocycles. The van der Waals surface area contributed by atoms with E-state index >= 15 is 0 Å². The van der Waals surface area contributed by atoms with Gasteiger partial charge in [0.15, 0.2) is 5.57 Å². The fourth-order valence-electron chi connectivity index (χ4n) is 3.50. The summed E-state index contributed by atoms with van der Waals surface area (Å²) in [5, 5.41) is 9.95. The lowest BCUT2D eigenvalue weighted by molar-refractivity contribution is -0.128. The van der Waals surface area contributed by atoms with Crippen LogP contribution < -0.4 is 19.5 Å². The molecule has 0 atom stereocenters. The molecule has 1 saturated heterocycles. The van der Waals surface area contributed by atoms with Crippen LogP contribution in [0.15, 0.2) is 59.4 Å². The number of aromatic nitrogens is 1. The van der Waals surface area contributed by atoms with Gasteiger partial charge in [-0.15, -0.1) is 11.3 Å². The summed E-state index contributed by atoms with van der Waals surface area (Å²) < 4.78 is 12.9. The van der Waals surface area contributed by atoms with Gasteiger partial charge in [0.2, 0.25) is 0 Å². The molecule has 8 heteroatoms. The van der Waals surface area contributed by atoms with E-state index < -0.39 is 5.91 Å². The lowest BCUT2D eigenvalue weighted by atomic mass is 10.2. The fraction of sp³-hybridized carbons (Fsp3) is 0.208. The molecule has 0 saturated carbocycles. The van der Waals surface area contributed by atoms with Gasteiger partial charge in [-0.1, -0.05) is 42.5 Å². The molecule has 1 aliphatic rings. The Labute approximate surface area is 188 Å². The first-order valence-corrected chi connectivity index (χ1v) is 10.9. The number of ether oxygens (including phenoxy) is 2. The number of rotatable bonds is 4. The number of carbonyl (C=O) groups excluding carboxylic acids is 1.